The summed E-state index contributed by atoms with van der Waals surface area (Å²) in [7, 11) is 0. The van der Waals surface area contributed by atoms with Crippen LogP contribution in [0.3, 0.4) is 0 Å². The number of alkyl halides is 3. The van der Waals surface area contributed by atoms with Crippen LogP contribution < -0.4 is 0 Å². The van der Waals surface area contributed by atoms with Gasteiger partial charge in [0.1, 0.15) is 0 Å². The van der Waals surface area contributed by atoms with Gasteiger partial charge in [0, 0.05) is 25.6 Å². The van der Waals surface area contributed by atoms with Gasteiger partial charge in [-0.1, -0.05) is 13.8 Å². The van der Waals surface area contributed by atoms with Crippen molar-refractivity contribution >= 4 is 11.6 Å². The molecule has 15 heavy (non-hydrogen) atoms. The van der Waals surface area contributed by atoms with Gasteiger partial charge < -0.3 is 4.74 Å². The van der Waals surface area contributed by atoms with Crippen LogP contribution in [0.2, 0.25) is 0 Å². The number of halogens is 3. The fourth-order valence-electron chi connectivity index (χ4n) is 1.12. The molecule has 0 spiro atoms. The number of rotatable bonds is 9. The van der Waals surface area contributed by atoms with E-state index in [1.54, 1.807) is 4.90 Å². The van der Waals surface area contributed by atoms with E-state index < -0.39 is 6.43 Å². The Morgan fingerprint density at radius 2 is 1.93 bits per heavy atom. The smallest absolute Gasteiger partial charge is 0.251 e. The molecule has 0 saturated carbocycles. The van der Waals surface area contributed by atoms with Gasteiger partial charge in [0.25, 0.3) is 6.43 Å². The van der Waals surface area contributed by atoms with Crippen LogP contribution in [0.25, 0.3) is 0 Å². The average Bonchev–Trinajstić information content (AvgIpc) is 2.11. The van der Waals surface area contributed by atoms with Gasteiger partial charge in [0.2, 0.25) is 0 Å². The maximum Gasteiger partial charge on any atom is 0.251 e. The second kappa shape index (κ2) is 9.31. The second-order valence-electron chi connectivity index (χ2n) is 3.85. The molecule has 0 aliphatic rings. The predicted octanol–water partition coefficient (Wildman–Crippen LogP) is 2.46. The first-order chi connectivity index (χ1) is 7.06. The fourth-order valence-corrected chi connectivity index (χ4v) is 1.36. The van der Waals surface area contributed by atoms with Crippen LogP contribution in [0.15, 0.2) is 0 Å². The van der Waals surface area contributed by atoms with Crippen molar-refractivity contribution in [3.8, 4) is 0 Å². The molecular weight excluding hydrogens is 224 g/mol. The minimum atomic E-state index is -2.31. The number of ether oxygens (including phenoxy) is 1. The minimum absolute atomic E-state index is 0.224. The molecule has 0 rings (SSSR count). The third kappa shape index (κ3) is 10.4. The summed E-state index contributed by atoms with van der Waals surface area (Å²) in [5, 5.41) is 0. The SMILES string of the molecule is CC(C)COCCN(CCCl)CC(F)F. The van der Waals surface area contributed by atoms with E-state index in [1.807, 2.05) is 0 Å². The number of hydrogen-bond acceptors (Lipinski definition) is 2. The summed E-state index contributed by atoms with van der Waals surface area (Å²) < 4.78 is 29.6. The lowest BCUT2D eigenvalue weighted by Crippen LogP contribution is -2.34. The molecule has 0 aromatic rings. The molecule has 0 aromatic heterocycles. The van der Waals surface area contributed by atoms with Crippen molar-refractivity contribution < 1.29 is 13.5 Å². The highest BCUT2D eigenvalue weighted by Crippen LogP contribution is 1.99. The lowest BCUT2D eigenvalue weighted by Gasteiger charge is -2.20. The van der Waals surface area contributed by atoms with E-state index in [1.165, 1.54) is 0 Å². The Hall–Kier alpha value is 0.0700. The van der Waals surface area contributed by atoms with Crippen LogP contribution in [0.5, 0.6) is 0 Å². The van der Waals surface area contributed by atoms with E-state index in [2.05, 4.69) is 13.8 Å². The zero-order valence-corrected chi connectivity index (χ0v) is 10.1. The maximum atomic E-state index is 12.1. The van der Waals surface area contributed by atoms with Crippen LogP contribution in [-0.2, 0) is 4.74 Å². The average molecular weight is 244 g/mol. The lowest BCUT2D eigenvalue weighted by molar-refractivity contribution is 0.0547. The van der Waals surface area contributed by atoms with E-state index in [9.17, 15) is 8.78 Å². The largest absolute Gasteiger partial charge is 0.380 e. The quantitative estimate of drug-likeness (QED) is 0.456. The first-order valence-corrected chi connectivity index (χ1v) is 5.74. The van der Waals surface area contributed by atoms with Crippen molar-refractivity contribution in [3.05, 3.63) is 0 Å². The van der Waals surface area contributed by atoms with Crippen LogP contribution in [0.4, 0.5) is 8.78 Å². The van der Waals surface area contributed by atoms with E-state index in [-0.39, 0.29) is 6.54 Å². The Bertz CT molecular complexity index is 147. The van der Waals surface area contributed by atoms with Crippen molar-refractivity contribution in [2.45, 2.75) is 20.3 Å². The molecule has 0 amide bonds. The predicted molar refractivity (Wildman–Crippen MR) is 58.8 cm³/mol. The third-order valence-corrected chi connectivity index (χ3v) is 1.97. The Morgan fingerprint density at radius 1 is 1.27 bits per heavy atom. The highest BCUT2D eigenvalue weighted by atomic mass is 35.5. The molecule has 0 heterocycles. The van der Waals surface area contributed by atoms with Crippen molar-refractivity contribution in [1.29, 1.82) is 0 Å². The maximum absolute atomic E-state index is 12.1. The van der Waals surface area contributed by atoms with Crippen molar-refractivity contribution in [2.24, 2.45) is 5.92 Å². The van der Waals surface area contributed by atoms with Gasteiger partial charge >= 0.3 is 0 Å². The Morgan fingerprint density at radius 3 is 2.40 bits per heavy atom. The van der Waals surface area contributed by atoms with Crippen LogP contribution in [0, 0.1) is 5.92 Å². The normalized spacial score (nSPS) is 12.0. The molecule has 2 nitrogen and oxygen atoms in total. The Balaban J connectivity index is 3.56. The Labute approximate surface area is 95.5 Å². The zero-order chi connectivity index (χ0) is 11.7. The van der Waals surface area contributed by atoms with E-state index >= 15 is 0 Å². The molecular formula is C10H20ClF2NO. The topological polar surface area (TPSA) is 12.5 Å². The fraction of sp³-hybridized carbons (Fsp3) is 1.00. The van der Waals surface area contributed by atoms with E-state index in [0.717, 1.165) is 0 Å². The van der Waals surface area contributed by atoms with E-state index in [0.29, 0.717) is 38.1 Å². The molecule has 0 bridgehead atoms. The summed E-state index contributed by atoms with van der Waals surface area (Å²) in [6.45, 7) is 6.04. The zero-order valence-electron chi connectivity index (χ0n) is 9.39. The molecule has 0 atom stereocenters. The van der Waals surface area contributed by atoms with Gasteiger partial charge in [-0.05, 0) is 5.92 Å². The molecule has 5 heteroatoms. The van der Waals surface area contributed by atoms with Gasteiger partial charge in [-0.2, -0.15) is 0 Å². The van der Waals surface area contributed by atoms with Crippen molar-refractivity contribution in [1.82, 2.24) is 4.90 Å². The third-order valence-electron chi connectivity index (χ3n) is 1.80. The number of hydrogen-bond donors (Lipinski definition) is 0. The van der Waals surface area contributed by atoms with Crippen LogP contribution >= 0.6 is 11.6 Å². The monoisotopic (exact) mass is 243 g/mol. The summed E-state index contributed by atoms with van der Waals surface area (Å²) in [4.78, 5) is 1.62. The second-order valence-corrected chi connectivity index (χ2v) is 4.23. The summed E-state index contributed by atoms with van der Waals surface area (Å²) >= 11 is 5.52. The molecule has 0 unspecified atom stereocenters. The highest BCUT2D eigenvalue weighted by Gasteiger charge is 2.11. The van der Waals surface area contributed by atoms with Gasteiger partial charge in [0.05, 0.1) is 13.2 Å². The lowest BCUT2D eigenvalue weighted by atomic mass is 10.2. The van der Waals surface area contributed by atoms with Gasteiger partial charge in [-0.3, -0.25) is 4.90 Å². The first kappa shape index (κ1) is 15.1. The van der Waals surface area contributed by atoms with Crippen LogP contribution in [-0.4, -0.2) is 50.1 Å². The summed E-state index contributed by atoms with van der Waals surface area (Å²) in [6.07, 6.45) is -2.31. The van der Waals surface area contributed by atoms with Crippen LogP contribution in [0.1, 0.15) is 13.8 Å². The summed E-state index contributed by atoms with van der Waals surface area (Å²) in [5.74, 6) is 0.846. The standard InChI is InChI=1S/C10H20ClF2NO/c1-9(2)8-15-6-5-14(4-3-11)7-10(12)13/h9-10H,3-8H2,1-2H3. The molecule has 0 aromatic carbocycles. The van der Waals surface area contributed by atoms with Crippen molar-refractivity contribution in [2.75, 3.05) is 38.7 Å². The molecule has 0 saturated heterocycles. The molecule has 0 fully saturated rings. The van der Waals surface area contributed by atoms with Gasteiger partial charge in [-0.25, -0.2) is 8.78 Å². The first-order valence-electron chi connectivity index (χ1n) is 5.20. The van der Waals surface area contributed by atoms with Crippen molar-refractivity contribution in [3.63, 3.8) is 0 Å². The molecule has 0 aliphatic heterocycles. The number of nitrogens with zero attached hydrogens (tertiary/aromatic N) is 1. The molecule has 0 radical (unpaired) electrons. The van der Waals surface area contributed by atoms with Gasteiger partial charge in [0.15, 0.2) is 0 Å². The van der Waals surface area contributed by atoms with Gasteiger partial charge in [-0.15, -0.1) is 11.6 Å². The van der Waals surface area contributed by atoms with E-state index in [4.69, 9.17) is 16.3 Å². The highest BCUT2D eigenvalue weighted by molar-refractivity contribution is 6.18. The Kier molecular flexibility index (Phi) is 9.35. The molecule has 0 N–H and O–H groups in total. The molecule has 0 aliphatic carbocycles. The minimum Gasteiger partial charge on any atom is -0.380 e. The molecule has 92 valence electrons. The summed E-state index contributed by atoms with van der Waals surface area (Å²) in [5.41, 5.74) is 0. The summed E-state index contributed by atoms with van der Waals surface area (Å²) in [6, 6.07) is 0.